The zero-order chi connectivity index (χ0) is 23.3. The Morgan fingerprint density at radius 3 is 2.12 bits per heavy atom. The highest BCUT2D eigenvalue weighted by Gasteiger charge is 2.21. The molecule has 5 nitrogen and oxygen atoms in total. The molecule has 5 heteroatoms. The van der Waals surface area contributed by atoms with Gasteiger partial charge >= 0.3 is 0 Å². The minimum Gasteiger partial charge on any atom is -0.497 e. The summed E-state index contributed by atoms with van der Waals surface area (Å²) in [5.41, 5.74) is 3.22. The van der Waals surface area contributed by atoms with Crippen LogP contribution in [0.2, 0.25) is 0 Å². The molecule has 0 aromatic heterocycles. The maximum atomic E-state index is 12.4. The summed E-state index contributed by atoms with van der Waals surface area (Å²) in [6.07, 6.45) is 1.02. The summed E-state index contributed by atoms with van der Waals surface area (Å²) in [7, 11) is 1.63. The number of amides is 1. The SMILES string of the molecule is COc1ccc(CNC(=O)CC[C@H](OCc2ccccc2)[C@H](O)CCc2ccccc2)cc1. The Bertz CT molecular complexity index is 945. The third-order valence-corrected chi connectivity index (χ3v) is 5.61. The Morgan fingerprint density at radius 2 is 1.48 bits per heavy atom. The summed E-state index contributed by atoms with van der Waals surface area (Å²) < 4.78 is 11.2. The fourth-order valence-corrected chi connectivity index (χ4v) is 3.62. The molecule has 3 rings (SSSR count). The van der Waals surface area contributed by atoms with Gasteiger partial charge in [-0.05, 0) is 48.1 Å². The highest BCUT2D eigenvalue weighted by molar-refractivity contribution is 5.75. The van der Waals surface area contributed by atoms with E-state index in [2.05, 4.69) is 17.4 Å². The maximum absolute atomic E-state index is 12.4. The lowest BCUT2D eigenvalue weighted by atomic mass is 10.00. The standard InChI is InChI=1S/C28H33NO4/c1-32-25-15-12-23(13-16-25)20-29-28(31)19-18-27(33-21-24-10-6-3-7-11-24)26(30)17-14-22-8-4-2-5-9-22/h2-13,15-16,26-27,30H,14,17-21H2,1H3,(H,29,31)/t26-,27+/m1/s1. The second-order valence-electron chi connectivity index (χ2n) is 8.09. The van der Waals surface area contributed by atoms with Crippen molar-refractivity contribution in [2.75, 3.05) is 7.11 Å². The molecule has 0 fully saturated rings. The minimum atomic E-state index is -0.650. The summed E-state index contributed by atoms with van der Waals surface area (Å²) in [6.45, 7) is 0.857. The molecule has 0 saturated carbocycles. The van der Waals surface area contributed by atoms with E-state index in [9.17, 15) is 9.90 Å². The Morgan fingerprint density at radius 1 is 0.848 bits per heavy atom. The van der Waals surface area contributed by atoms with Crippen molar-refractivity contribution in [2.45, 2.75) is 51.0 Å². The van der Waals surface area contributed by atoms with Gasteiger partial charge in [0, 0.05) is 13.0 Å². The summed E-state index contributed by atoms with van der Waals surface area (Å²) in [5, 5.41) is 13.8. The van der Waals surface area contributed by atoms with Crippen molar-refractivity contribution in [3.05, 3.63) is 102 Å². The fraction of sp³-hybridized carbons (Fsp3) is 0.321. The van der Waals surface area contributed by atoms with Gasteiger partial charge < -0.3 is 19.9 Å². The fourth-order valence-electron chi connectivity index (χ4n) is 3.62. The van der Waals surface area contributed by atoms with Gasteiger partial charge in [0.05, 0.1) is 25.9 Å². The summed E-state index contributed by atoms with van der Waals surface area (Å²) in [6, 6.07) is 27.6. The van der Waals surface area contributed by atoms with E-state index in [1.165, 1.54) is 5.56 Å². The average molecular weight is 448 g/mol. The third kappa shape index (κ3) is 8.72. The van der Waals surface area contributed by atoms with Crippen LogP contribution in [0.3, 0.4) is 0 Å². The van der Waals surface area contributed by atoms with Gasteiger partial charge in [0.15, 0.2) is 0 Å². The average Bonchev–Trinajstić information content (AvgIpc) is 2.87. The van der Waals surface area contributed by atoms with Crippen LogP contribution in [0.1, 0.15) is 36.0 Å². The maximum Gasteiger partial charge on any atom is 0.220 e. The van der Waals surface area contributed by atoms with Crippen molar-refractivity contribution in [3.63, 3.8) is 0 Å². The molecule has 1 amide bonds. The first-order valence-corrected chi connectivity index (χ1v) is 11.4. The van der Waals surface area contributed by atoms with Gasteiger partial charge in [-0.1, -0.05) is 72.8 Å². The first-order chi connectivity index (χ1) is 16.1. The van der Waals surface area contributed by atoms with Crippen LogP contribution in [-0.4, -0.2) is 30.3 Å². The van der Waals surface area contributed by atoms with Gasteiger partial charge in [-0.2, -0.15) is 0 Å². The number of ether oxygens (including phenoxy) is 2. The van der Waals surface area contributed by atoms with Crippen molar-refractivity contribution in [3.8, 4) is 5.75 Å². The number of carbonyl (C=O) groups is 1. The topological polar surface area (TPSA) is 67.8 Å². The van der Waals surface area contributed by atoms with Crippen LogP contribution in [0, 0.1) is 0 Å². The third-order valence-electron chi connectivity index (χ3n) is 5.61. The number of hydrogen-bond acceptors (Lipinski definition) is 4. The molecular weight excluding hydrogens is 414 g/mol. The number of rotatable bonds is 13. The van der Waals surface area contributed by atoms with Gasteiger partial charge in [0.2, 0.25) is 5.91 Å². The largest absolute Gasteiger partial charge is 0.497 e. The number of methoxy groups -OCH3 is 1. The molecule has 3 aromatic rings. The molecule has 0 spiro atoms. The van der Waals surface area contributed by atoms with Crippen molar-refractivity contribution in [1.82, 2.24) is 5.32 Å². The van der Waals surface area contributed by atoms with E-state index in [4.69, 9.17) is 9.47 Å². The number of hydrogen-bond donors (Lipinski definition) is 2. The molecule has 2 N–H and O–H groups in total. The van der Waals surface area contributed by atoms with Crippen molar-refractivity contribution in [1.29, 1.82) is 0 Å². The molecule has 0 unspecified atom stereocenters. The van der Waals surface area contributed by atoms with Gasteiger partial charge in [-0.15, -0.1) is 0 Å². The number of benzene rings is 3. The number of aliphatic hydroxyl groups is 1. The summed E-state index contributed by atoms with van der Waals surface area (Å²) in [4.78, 5) is 12.4. The van der Waals surface area contributed by atoms with Crippen molar-refractivity contribution < 1.29 is 19.4 Å². The van der Waals surface area contributed by atoms with Gasteiger partial charge in [0.25, 0.3) is 0 Å². The van der Waals surface area contributed by atoms with Crippen LogP contribution in [0.25, 0.3) is 0 Å². The van der Waals surface area contributed by atoms with E-state index in [-0.39, 0.29) is 12.3 Å². The quantitative estimate of drug-likeness (QED) is 0.400. The zero-order valence-corrected chi connectivity index (χ0v) is 19.2. The molecule has 33 heavy (non-hydrogen) atoms. The molecule has 0 bridgehead atoms. The molecule has 174 valence electrons. The monoisotopic (exact) mass is 447 g/mol. The Hall–Kier alpha value is -3.15. The van der Waals surface area contributed by atoms with Crippen LogP contribution < -0.4 is 10.1 Å². The highest BCUT2D eigenvalue weighted by atomic mass is 16.5. The normalized spacial score (nSPS) is 12.7. The van der Waals surface area contributed by atoms with E-state index >= 15 is 0 Å². The first kappa shape index (κ1) is 24.5. The van der Waals surface area contributed by atoms with Gasteiger partial charge in [0.1, 0.15) is 5.75 Å². The van der Waals surface area contributed by atoms with E-state index in [1.807, 2.05) is 72.8 Å². The number of carbonyl (C=O) groups excluding carboxylic acids is 1. The van der Waals surface area contributed by atoms with Crippen LogP contribution >= 0.6 is 0 Å². The number of aryl methyl sites for hydroxylation is 1. The first-order valence-electron chi connectivity index (χ1n) is 11.4. The van der Waals surface area contributed by atoms with Crippen molar-refractivity contribution in [2.24, 2.45) is 0 Å². The lowest BCUT2D eigenvalue weighted by Crippen LogP contribution is -2.32. The van der Waals surface area contributed by atoms with Crippen LogP contribution in [0.4, 0.5) is 0 Å². The molecule has 0 aliphatic carbocycles. The second kappa shape index (κ2) is 13.4. The van der Waals surface area contributed by atoms with Crippen LogP contribution in [0.15, 0.2) is 84.9 Å². The molecule has 2 atom stereocenters. The molecule has 0 aliphatic heterocycles. The molecule has 0 saturated heterocycles. The summed E-state index contributed by atoms with van der Waals surface area (Å²) >= 11 is 0. The van der Waals surface area contributed by atoms with E-state index in [0.29, 0.717) is 26.0 Å². The predicted octanol–water partition coefficient (Wildman–Crippen LogP) is 4.67. The number of nitrogens with one attached hydrogen (secondary N) is 1. The Kier molecular flexibility index (Phi) is 9.95. The lowest BCUT2D eigenvalue weighted by Gasteiger charge is -2.23. The number of aliphatic hydroxyl groups excluding tert-OH is 1. The predicted molar refractivity (Wildman–Crippen MR) is 130 cm³/mol. The molecular formula is C28H33NO4. The molecule has 3 aromatic carbocycles. The minimum absolute atomic E-state index is 0.0608. The molecule has 0 heterocycles. The highest BCUT2D eigenvalue weighted by Crippen LogP contribution is 2.17. The van der Waals surface area contributed by atoms with Crippen LogP contribution in [0.5, 0.6) is 5.75 Å². The van der Waals surface area contributed by atoms with E-state index in [1.54, 1.807) is 7.11 Å². The van der Waals surface area contributed by atoms with E-state index < -0.39 is 12.2 Å². The van der Waals surface area contributed by atoms with E-state index in [0.717, 1.165) is 23.3 Å². The van der Waals surface area contributed by atoms with Crippen LogP contribution in [-0.2, 0) is 29.1 Å². The smallest absolute Gasteiger partial charge is 0.220 e. The lowest BCUT2D eigenvalue weighted by molar-refractivity contribution is -0.123. The molecule has 0 radical (unpaired) electrons. The van der Waals surface area contributed by atoms with Gasteiger partial charge in [-0.3, -0.25) is 4.79 Å². The summed E-state index contributed by atoms with van der Waals surface area (Å²) in [5.74, 6) is 0.724. The zero-order valence-electron chi connectivity index (χ0n) is 19.2. The Balaban J connectivity index is 1.51. The van der Waals surface area contributed by atoms with Crippen molar-refractivity contribution >= 4 is 5.91 Å². The second-order valence-corrected chi connectivity index (χ2v) is 8.09. The molecule has 0 aliphatic rings. The van der Waals surface area contributed by atoms with Gasteiger partial charge in [-0.25, -0.2) is 0 Å². The Labute approximate surface area is 196 Å².